The number of nitrogens with two attached hydrogens (primary N) is 1. The summed E-state index contributed by atoms with van der Waals surface area (Å²) in [6.07, 6.45) is 0. The monoisotopic (exact) mass is 161 g/mol. The minimum atomic E-state index is -0.532. The fourth-order valence-electron chi connectivity index (χ4n) is 0.434. The number of rotatable bonds is 1. The lowest BCUT2D eigenvalue weighted by atomic mass is 10.4. The highest BCUT2D eigenvalue weighted by Gasteiger charge is 2.08. The van der Waals surface area contributed by atoms with E-state index in [2.05, 4.69) is 9.68 Å². The number of nitrogens with zero attached hydrogens (tertiary/aromatic N) is 1. The molecule has 0 unspecified atom stereocenters. The van der Waals surface area contributed by atoms with Gasteiger partial charge in [0.05, 0.1) is 0 Å². The summed E-state index contributed by atoms with van der Waals surface area (Å²) < 4.78 is 4.39. The van der Waals surface area contributed by atoms with Crippen LogP contribution in [0.15, 0.2) is 10.6 Å². The molecule has 1 rings (SSSR count). The van der Waals surface area contributed by atoms with Crippen LogP contribution in [0.2, 0.25) is 5.22 Å². The van der Waals surface area contributed by atoms with Crippen molar-refractivity contribution in [3.63, 3.8) is 0 Å². The van der Waals surface area contributed by atoms with Crippen LogP contribution in [-0.2, 0) is 0 Å². The smallest absolute Gasteiger partial charge is 0.287 e. The average Bonchev–Trinajstić information content (AvgIpc) is 2.34. The van der Waals surface area contributed by atoms with Crippen molar-refractivity contribution in [1.82, 2.24) is 10.6 Å². The van der Waals surface area contributed by atoms with E-state index in [9.17, 15) is 4.79 Å². The van der Waals surface area contributed by atoms with Crippen molar-refractivity contribution in [3.05, 3.63) is 17.0 Å². The summed E-state index contributed by atoms with van der Waals surface area (Å²) in [5, 5.41) is 3.34. The molecule has 0 bridgehead atoms. The van der Waals surface area contributed by atoms with Crippen LogP contribution in [-0.4, -0.2) is 11.1 Å². The van der Waals surface area contributed by atoms with Gasteiger partial charge in [0.2, 0.25) is 5.22 Å². The van der Waals surface area contributed by atoms with Crippen LogP contribution < -0.4 is 11.3 Å². The van der Waals surface area contributed by atoms with Gasteiger partial charge in [-0.1, -0.05) is 5.16 Å². The van der Waals surface area contributed by atoms with Crippen LogP contribution in [0.5, 0.6) is 0 Å². The van der Waals surface area contributed by atoms with Gasteiger partial charge in [-0.15, -0.1) is 0 Å². The molecule has 1 aromatic heterocycles. The molecule has 0 aromatic carbocycles. The van der Waals surface area contributed by atoms with E-state index in [4.69, 9.17) is 17.4 Å². The van der Waals surface area contributed by atoms with Crippen molar-refractivity contribution in [2.75, 3.05) is 0 Å². The fourth-order valence-corrected chi connectivity index (χ4v) is 0.572. The lowest BCUT2D eigenvalue weighted by molar-refractivity contribution is 0.0944. The zero-order valence-electron chi connectivity index (χ0n) is 4.80. The molecule has 10 heavy (non-hydrogen) atoms. The maximum atomic E-state index is 10.6. The van der Waals surface area contributed by atoms with Gasteiger partial charge in [0, 0.05) is 6.07 Å². The molecule has 0 saturated carbocycles. The highest BCUT2D eigenvalue weighted by molar-refractivity contribution is 6.29. The lowest BCUT2D eigenvalue weighted by Gasteiger charge is -1.88. The molecule has 1 amide bonds. The van der Waals surface area contributed by atoms with E-state index >= 15 is 0 Å². The van der Waals surface area contributed by atoms with Gasteiger partial charge in [-0.2, -0.15) is 0 Å². The Balaban J connectivity index is 2.85. The number of amides is 1. The average molecular weight is 162 g/mol. The van der Waals surface area contributed by atoms with Crippen molar-refractivity contribution in [1.29, 1.82) is 0 Å². The Labute approximate surface area is 61.1 Å². The maximum Gasteiger partial charge on any atom is 0.287 e. The zero-order valence-corrected chi connectivity index (χ0v) is 5.55. The van der Waals surface area contributed by atoms with Crippen molar-refractivity contribution < 1.29 is 9.32 Å². The molecular formula is C4H4ClN3O2. The first kappa shape index (κ1) is 7.04. The topological polar surface area (TPSA) is 81.1 Å². The highest BCUT2D eigenvalue weighted by atomic mass is 35.5. The molecule has 5 nitrogen and oxygen atoms in total. The minimum Gasteiger partial charge on any atom is -0.344 e. The summed E-state index contributed by atoms with van der Waals surface area (Å²) in [5.41, 5.74) is 1.94. The maximum absolute atomic E-state index is 10.6. The van der Waals surface area contributed by atoms with Crippen LogP contribution in [0, 0.1) is 0 Å². The van der Waals surface area contributed by atoms with Gasteiger partial charge in [-0.25, -0.2) is 5.84 Å². The molecule has 0 aliphatic carbocycles. The molecule has 1 heterocycles. The molecule has 0 aliphatic rings. The van der Waals surface area contributed by atoms with Crippen molar-refractivity contribution in [2.24, 2.45) is 5.84 Å². The summed E-state index contributed by atoms with van der Waals surface area (Å²) in [5.74, 6) is 4.26. The lowest BCUT2D eigenvalue weighted by Crippen LogP contribution is -2.30. The number of halogens is 1. The quantitative estimate of drug-likeness (QED) is 0.343. The van der Waals surface area contributed by atoms with Crippen LogP contribution in [0.3, 0.4) is 0 Å². The SMILES string of the molecule is NNC(=O)c1cc(Cl)on1. The van der Waals surface area contributed by atoms with E-state index in [0.29, 0.717) is 0 Å². The summed E-state index contributed by atoms with van der Waals surface area (Å²) in [4.78, 5) is 10.6. The Hall–Kier alpha value is -1.07. The Kier molecular flexibility index (Phi) is 1.88. The van der Waals surface area contributed by atoms with E-state index < -0.39 is 5.91 Å². The van der Waals surface area contributed by atoms with E-state index in [1.54, 1.807) is 0 Å². The number of hydrogen-bond donors (Lipinski definition) is 2. The Morgan fingerprint density at radius 1 is 1.90 bits per heavy atom. The Bertz CT molecular complexity index is 246. The third-order valence-corrected chi connectivity index (χ3v) is 1.02. The molecule has 0 fully saturated rings. The molecule has 1 aromatic rings. The normalized spacial score (nSPS) is 9.40. The van der Waals surface area contributed by atoms with E-state index in [1.807, 2.05) is 5.43 Å². The number of carbonyl (C=O) groups is 1. The third-order valence-electron chi connectivity index (χ3n) is 0.845. The van der Waals surface area contributed by atoms with Crippen molar-refractivity contribution >= 4 is 17.5 Å². The number of aromatic nitrogens is 1. The highest BCUT2D eigenvalue weighted by Crippen LogP contribution is 2.08. The van der Waals surface area contributed by atoms with Gasteiger partial charge in [0.15, 0.2) is 5.69 Å². The number of carbonyl (C=O) groups excluding carboxylic acids is 1. The summed E-state index contributed by atoms with van der Waals surface area (Å²) in [6.45, 7) is 0. The predicted molar refractivity (Wildman–Crippen MR) is 33.2 cm³/mol. The largest absolute Gasteiger partial charge is 0.344 e. The Morgan fingerprint density at radius 2 is 2.60 bits per heavy atom. The molecule has 6 heteroatoms. The number of nitrogens with one attached hydrogen (secondary N) is 1. The molecular weight excluding hydrogens is 158 g/mol. The second-order valence-electron chi connectivity index (χ2n) is 1.49. The van der Waals surface area contributed by atoms with Crippen LogP contribution >= 0.6 is 11.6 Å². The van der Waals surface area contributed by atoms with Gasteiger partial charge >= 0.3 is 0 Å². The number of hydrogen-bond acceptors (Lipinski definition) is 4. The van der Waals surface area contributed by atoms with Gasteiger partial charge in [-0.3, -0.25) is 10.2 Å². The molecule has 54 valence electrons. The molecule has 0 radical (unpaired) electrons. The van der Waals surface area contributed by atoms with E-state index in [0.717, 1.165) is 0 Å². The first-order valence-electron chi connectivity index (χ1n) is 2.37. The molecule has 3 N–H and O–H groups in total. The summed E-state index contributed by atoms with van der Waals surface area (Å²) in [7, 11) is 0. The van der Waals surface area contributed by atoms with E-state index in [-0.39, 0.29) is 10.9 Å². The van der Waals surface area contributed by atoms with Crippen LogP contribution in [0.25, 0.3) is 0 Å². The number of nitrogen functional groups attached to an aromatic ring is 1. The minimum absolute atomic E-state index is 0.0543. The number of hydrazine groups is 1. The molecule has 0 spiro atoms. The summed E-state index contributed by atoms with van der Waals surface area (Å²) >= 11 is 5.31. The van der Waals surface area contributed by atoms with Crippen molar-refractivity contribution in [2.45, 2.75) is 0 Å². The predicted octanol–water partition coefficient (Wildman–Crippen LogP) is -0.0685. The van der Waals surface area contributed by atoms with Crippen LogP contribution in [0.4, 0.5) is 0 Å². The standard InChI is InChI=1S/C4H4ClN3O2/c5-3-1-2(8-10-3)4(9)7-6/h1H,6H2,(H,7,9). The second-order valence-corrected chi connectivity index (χ2v) is 1.86. The van der Waals surface area contributed by atoms with Gasteiger partial charge in [-0.05, 0) is 11.6 Å². The first-order valence-corrected chi connectivity index (χ1v) is 2.75. The Morgan fingerprint density at radius 3 is 3.00 bits per heavy atom. The molecule has 0 atom stereocenters. The first-order chi connectivity index (χ1) is 4.74. The van der Waals surface area contributed by atoms with Gasteiger partial charge < -0.3 is 4.52 Å². The fraction of sp³-hybridized carbons (Fsp3) is 0. The van der Waals surface area contributed by atoms with Crippen molar-refractivity contribution in [3.8, 4) is 0 Å². The van der Waals surface area contributed by atoms with Crippen LogP contribution in [0.1, 0.15) is 10.5 Å². The van der Waals surface area contributed by atoms with E-state index in [1.165, 1.54) is 6.07 Å². The zero-order chi connectivity index (χ0) is 7.56. The van der Waals surface area contributed by atoms with Gasteiger partial charge in [0.1, 0.15) is 0 Å². The third kappa shape index (κ3) is 1.26. The second kappa shape index (κ2) is 2.68. The summed E-state index contributed by atoms with van der Waals surface area (Å²) in [6, 6.07) is 1.27. The molecule has 0 saturated heterocycles. The van der Waals surface area contributed by atoms with Gasteiger partial charge in [0.25, 0.3) is 5.91 Å². The molecule has 0 aliphatic heterocycles.